The van der Waals surface area contributed by atoms with Gasteiger partial charge >= 0.3 is 0 Å². The highest BCUT2D eigenvalue weighted by Crippen LogP contribution is 2.23. The van der Waals surface area contributed by atoms with Crippen molar-refractivity contribution in [3.8, 4) is 5.75 Å². The molecule has 0 fully saturated rings. The molecule has 0 aliphatic heterocycles. The van der Waals surface area contributed by atoms with E-state index in [2.05, 4.69) is 40.0 Å². The second-order valence-corrected chi connectivity index (χ2v) is 5.51. The summed E-state index contributed by atoms with van der Waals surface area (Å²) in [5.74, 6) is 0.929. The highest BCUT2D eigenvalue weighted by molar-refractivity contribution is 9.08. The molecule has 0 N–H and O–H groups in total. The van der Waals surface area contributed by atoms with Crippen molar-refractivity contribution in [1.29, 1.82) is 0 Å². The van der Waals surface area contributed by atoms with E-state index in [-0.39, 0.29) is 0 Å². The minimum absolute atomic E-state index is 0.535. The Bertz CT molecular complexity index is 510. The second kappa shape index (κ2) is 5.65. The molecule has 0 saturated heterocycles. The van der Waals surface area contributed by atoms with Crippen molar-refractivity contribution >= 4 is 27.3 Å². The van der Waals surface area contributed by atoms with Crippen LogP contribution in [0.15, 0.2) is 23.6 Å². The molecule has 0 aliphatic rings. The Balaban J connectivity index is 2.08. The molecule has 0 radical (unpaired) electrons. The Kier molecular flexibility index (Phi) is 4.18. The molecule has 0 saturated carbocycles. The molecule has 2 nitrogen and oxygen atoms in total. The minimum Gasteiger partial charge on any atom is -0.487 e. The van der Waals surface area contributed by atoms with Gasteiger partial charge in [-0.2, -0.15) is 0 Å². The summed E-state index contributed by atoms with van der Waals surface area (Å²) in [6.07, 6.45) is 0. The number of aromatic nitrogens is 1. The number of halogens is 1. The van der Waals surface area contributed by atoms with Crippen LogP contribution in [-0.4, -0.2) is 4.98 Å². The van der Waals surface area contributed by atoms with Gasteiger partial charge < -0.3 is 4.74 Å². The van der Waals surface area contributed by atoms with Crippen LogP contribution in [-0.2, 0) is 11.9 Å². The van der Waals surface area contributed by atoms with Gasteiger partial charge in [-0.25, -0.2) is 4.98 Å². The molecule has 90 valence electrons. The molecule has 0 bridgehead atoms. The number of rotatable bonds is 4. The summed E-state index contributed by atoms with van der Waals surface area (Å²) >= 11 is 5.13. The van der Waals surface area contributed by atoms with Crippen LogP contribution >= 0.6 is 27.3 Å². The van der Waals surface area contributed by atoms with E-state index in [4.69, 9.17) is 4.74 Å². The summed E-state index contributed by atoms with van der Waals surface area (Å²) in [7, 11) is 0. The molecule has 0 unspecified atom stereocenters. The summed E-state index contributed by atoms with van der Waals surface area (Å²) in [6.45, 7) is 4.62. The maximum atomic E-state index is 5.80. The summed E-state index contributed by atoms with van der Waals surface area (Å²) in [5.41, 5.74) is 3.42. The van der Waals surface area contributed by atoms with Gasteiger partial charge in [0.25, 0.3) is 0 Å². The van der Waals surface area contributed by atoms with E-state index in [0.717, 1.165) is 21.8 Å². The largest absolute Gasteiger partial charge is 0.487 e. The topological polar surface area (TPSA) is 22.1 Å². The van der Waals surface area contributed by atoms with Crippen molar-refractivity contribution < 1.29 is 4.74 Å². The fraction of sp³-hybridized carbons (Fsp3) is 0.308. The molecule has 0 aliphatic carbocycles. The lowest BCUT2D eigenvalue weighted by Crippen LogP contribution is -1.98. The Labute approximate surface area is 114 Å². The van der Waals surface area contributed by atoms with Crippen molar-refractivity contribution in [1.82, 2.24) is 4.98 Å². The summed E-state index contributed by atoms with van der Waals surface area (Å²) < 4.78 is 5.80. The number of thiazole rings is 1. The van der Waals surface area contributed by atoms with E-state index in [1.165, 1.54) is 11.1 Å². The lowest BCUT2D eigenvalue weighted by molar-refractivity contribution is 0.299. The molecule has 2 aromatic rings. The normalized spacial score (nSPS) is 10.5. The van der Waals surface area contributed by atoms with Crippen LogP contribution in [0.1, 0.15) is 21.8 Å². The van der Waals surface area contributed by atoms with Crippen LogP contribution < -0.4 is 4.74 Å². The van der Waals surface area contributed by atoms with Crippen LogP contribution in [0, 0.1) is 13.8 Å². The third-order valence-corrected chi connectivity index (χ3v) is 3.83. The van der Waals surface area contributed by atoms with Crippen molar-refractivity contribution in [3.63, 3.8) is 0 Å². The van der Waals surface area contributed by atoms with Gasteiger partial charge in [0.15, 0.2) is 0 Å². The van der Waals surface area contributed by atoms with Crippen LogP contribution in [0.25, 0.3) is 0 Å². The van der Waals surface area contributed by atoms with E-state index in [9.17, 15) is 0 Å². The Hall–Kier alpha value is -0.870. The van der Waals surface area contributed by atoms with Gasteiger partial charge in [0, 0.05) is 16.3 Å². The molecule has 1 aromatic carbocycles. The van der Waals surface area contributed by atoms with Crippen molar-refractivity contribution in [2.24, 2.45) is 0 Å². The zero-order valence-electron chi connectivity index (χ0n) is 9.87. The van der Waals surface area contributed by atoms with Crippen molar-refractivity contribution in [2.75, 3.05) is 0 Å². The fourth-order valence-electron chi connectivity index (χ4n) is 1.58. The summed E-state index contributed by atoms with van der Waals surface area (Å²) in [6, 6.07) is 6.22. The molecule has 1 aromatic heterocycles. The number of aryl methyl sites for hydroxylation is 2. The molecule has 2 rings (SSSR count). The number of alkyl halides is 1. The van der Waals surface area contributed by atoms with Gasteiger partial charge in [0.05, 0.1) is 10.7 Å². The van der Waals surface area contributed by atoms with Gasteiger partial charge in [-0.05, 0) is 19.9 Å². The van der Waals surface area contributed by atoms with Crippen molar-refractivity contribution in [3.05, 3.63) is 45.4 Å². The molecule has 0 amide bonds. The monoisotopic (exact) mass is 311 g/mol. The first-order valence-corrected chi connectivity index (χ1v) is 7.38. The molecular formula is C13H14BrNOS. The first kappa shape index (κ1) is 12.6. The number of hydrogen-bond acceptors (Lipinski definition) is 3. The number of benzene rings is 1. The smallest absolute Gasteiger partial charge is 0.131 e. The van der Waals surface area contributed by atoms with Crippen LogP contribution in [0.4, 0.5) is 0 Å². The zero-order valence-corrected chi connectivity index (χ0v) is 12.3. The standard InChI is InChI=1S/C13H14BrNOS/c1-9-3-4-13(11(5-9)6-14)16-7-12-8-17-10(2)15-12/h3-5,8H,6-7H2,1-2H3. The van der Waals surface area contributed by atoms with E-state index >= 15 is 0 Å². The van der Waals surface area contributed by atoms with Gasteiger partial charge in [-0.1, -0.05) is 33.6 Å². The SMILES string of the molecule is Cc1ccc(OCc2csc(C)n2)c(CBr)c1. The third-order valence-electron chi connectivity index (χ3n) is 2.40. The number of ether oxygens (including phenoxy) is 1. The van der Waals surface area contributed by atoms with Gasteiger partial charge in [0.2, 0.25) is 0 Å². The lowest BCUT2D eigenvalue weighted by Gasteiger charge is -2.09. The summed E-state index contributed by atoms with van der Waals surface area (Å²) in [4.78, 5) is 4.38. The summed E-state index contributed by atoms with van der Waals surface area (Å²) in [5, 5.41) is 3.92. The van der Waals surface area contributed by atoms with Crippen LogP contribution in [0.2, 0.25) is 0 Å². The number of hydrogen-bond donors (Lipinski definition) is 0. The molecule has 1 heterocycles. The Morgan fingerprint density at radius 3 is 2.82 bits per heavy atom. The first-order valence-electron chi connectivity index (χ1n) is 5.38. The third kappa shape index (κ3) is 3.30. The van der Waals surface area contributed by atoms with E-state index in [1.54, 1.807) is 11.3 Å². The van der Waals surface area contributed by atoms with Crippen LogP contribution in [0.5, 0.6) is 5.75 Å². The van der Waals surface area contributed by atoms with E-state index in [1.807, 2.05) is 18.4 Å². The average Bonchev–Trinajstić information content (AvgIpc) is 2.73. The minimum atomic E-state index is 0.535. The fourth-order valence-corrected chi connectivity index (χ4v) is 2.62. The highest BCUT2D eigenvalue weighted by atomic mass is 79.9. The average molecular weight is 312 g/mol. The molecule has 17 heavy (non-hydrogen) atoms. The first-order chi connectivity index (χ1) is 8.19. The molecule has 0 spiro atoms. The molecule has 0 atom stereocenters. The Morgan fingerprint density at radius 1 is 1.35 bits per heavy atom. The maximum absolute atomic E-state index is 5.80. The van der Waals surface area contributed by atoms with E-state index in [0.29, 0.717) is 6.61 Å². The number of nitrogens with zero attached hydrogens (tertiary/aromatic N) is 1. The second-order valence-electron chi connectivity index (χ2n) is 3.89. The maximum Gasteiger partial charge on any atom is 0.131 e. The van der Waals surface area contributed by atoms with Crippen LogP contribution in [0.3, 0.4) is 0 Å². The molecular weight excluding hydrogens is 298 g/mol. The van der Waals surface area contributed by atoms with Gasteiger partial charge in [0.1, 0.15) is 12.4 Å². The van der Waals surface area contributed by atoms with Crippen molar-refractivity contribution in [2.45, 2.75) is 25.8 Å². The van der Waals surface area contributed by atoms with Gasteiger partial charge in [-0.3, -0.25) is 0 Å². The predicted molar refractivity (Wildman–Crippen MR) is 75.0 cm³/mol. The quantitative estimate of drug-likeness (QED) is 0.788. The molecule has 4 heteroatoms. The Morgan fingerprint density at radius 2 is 2.18 bits per heavy atom. The van der Waals surface area contributed by atoms with Gasteiger partial charge in [-0.15, -0.1) is 11.3 Å². The van der Waals surface area contributed by atoms with E-state index < -0.39 is 0 Å². The highest BCUT2D eigenvalue weighted by Gasteiger charge is 2.04. The lowest BCUT2D eigenvalue weighted by atomic mass is 10.1. The zero-order chi connectivity index (χ0) is 12.3. The predicted octanol–water partition coefficient (Wildman–Crippen LogP) is 4.23.